The molecule has 5 nitrogen and oxygen atoms in total. The summed E-state index contributed by atoms with van der Waals surface area (Å²) in [4.78, 5) is 24.8. The molecule has 0 aliphatic carbocycles. The number of pyridine rings is 2. The normalized spacial score (nSPS) is 10.5. The lowest BCUT2D eigenvalue weighted by atomic mass is 10.1. The molecule has 0 aromatic carbocycles. The van der Waals surface area contributed by atoms with Gasteiger partial charge in [-0.05, 0) is 23.8 Å². The van der Waals surface area contributed by atoms with Crippen LogP contribution in [0.4, 0.5) is 0 Å². The third kappa shape index (κ3) is 2.86. The van der Waals surface area contributed by atoms with E-state index < -0.39 is 0 Å². The summed E-state index contributed by atoms with van der Waals surface area (Å²) in [5.74, 6) is 0.443. The van der Waals surface area contributed by atoms with E-state index in [-0.39, 0.29) is 5.78 Å². The number of hydrogen-bond acceptors (Lipinski definition) is 4. The van der Waals surface area contributed by atoms with Gasteiger partial charge in [-0.3, -0.25) is 14.8 Å². The van der Waals surface area contributed by atoms with E-state index >= 15 is 0 Å². The average Bonchev–Trinajstić information content (AvgIpc) is 2.95. The van der Waals surface area contributed by atoms with Crippen molar-refractivity contribution in [3.63, 3.8) is 0 Å². The molecule has 0 aliphatic rings. The van der Waals surface area contributed by atoms with E-state index in [0.717, 1.165) is 17.0 Å². The van der Waals surface area contributed by atoms with Crippen LogP contribution in [-0.2, 0) is 13.5 Å². The fraction of sp³-hybridized carbons (Fsp3) is 0.125. The molecule has 0 N–H and O–H groups in total. The Kier molecular flexibility index (Phi) is 3.55. The molecule has 3 aromatic rings. The number of imidazole rings is 1. The summed E-state index contributed by atoms with van der Waals surface area (Å²) in [6.07, 6.45) is 7.12. The molecule has 21 heavy (non-hydrogen) atoms. The maximum absolute atomic E-state index is 12.1. The van der Waals surface area contributed by atoms with E-state index in [4.69, 9.17) is 0 Å². The molecule has 0 unspecified atom stereocenters. The van der Waals surface area contributed by atoms with Gasteiger partial charge < -0.3 is 4.57 Å². The van der Waals surface area contributed by atoms with Crippen molar-refractivity contribution in [2.24, 2.45) is 7.05 Å². The Morgan fingerprint density at radius 1 is 1.05 bits per heavy atom. The van der Waals surface area contributed by atoms with Gasteiger partial charge in [0, 0.05) is 38.3 Å². The van der Waals surface area contributed by atoms with Crippen LogP contribution in [0.15, 0.2) is 55.1 Å². The molecular formula is C16H14N4O. The molecule has 0 saturated heterocycles. The number of hydrogen-bond donors (Lipinski definition) is 0. The van der Waals surface area contributed by atoms with Crippen LogP contribution in [-0.4, -0.2) is 25.3 Å². The molecule has 5 heteroatoms. The Morgan fingerprint density at radius 3 is 2.52 bits per heavy atom. The molecule has 0 aliphatic heterocycles. The number of ketones is 1. The van der Waals surface area contributed by atoms with E-state index in [1.54, 1.807) is 29.4 Å². The van der Waals surface area contributed by atoms with Crippen molar-refractivity contribution in [1.82, 2.24) is 19.5 Å². The summed E-state index contributed by atoms with van der Waals surface area (Å²) in [5, 5.41) is 0. The highest BCUT2D eigenvalue weighted by molar-refractivity contribution is 5.94. The number of carbonyl (C=O) groups excluding carboxylic acids is 1. The van der Waals surface area contributed by atoms with Crippen molar-refractivity contribution >= 4 is 5.78 Å². The predicted molar refractivity (Wildman–Crippen MR) is 78.7 cm³/mol. The van der Waals surface area contributed by atoms with Gasteiger partial charge in [0.1, 0.15) is 0 Å². The number of aromatic nitrogens is 4. The van der Waals surface area contributed by atoms with Gasteiger partial charge in [-0.25, -0.2) is 4.98 Å². The zero-order valence-electron chi connectivity index (χ0n) is 11.6. The third-order valence-corrected chi connectivity index (χ3v) is 3.19. The van der Waals surface area contributed by atoms with Gasteiger partial charge in [-0.1, -0.05) is 12.1 Å². The minimum atomic E-state index is -0.0186. The largest absolute Gasteiger partial charge is 0.332 e. The van der Waals surface area contributed by atoms with Crippen molar-refractivity contribution in [1.29, 1.82) is 0 Å². The number of nitrogens with zero attached hydrogens (tertiary/aromatic N) is 4. The van der Waals surface area contributed by atoms with E-state index in [9.17, 15) is 4.79 Å². The first-order valence-electron chi connectivity index (χ1n) is 6.61. The van der Waals surface area contributed by atoms with Crippen LogP contribution in [0.2, 0.25) is 0 Å². The predicted octanol–water partition coefficient (Wildman–Crippen LogP) is 2.30. The Hall–Kier alpha value is -2.82. The van der Waals surface area contributed by atoms with Crippen LogP contribution < -0.4 is 0 Å². The molecule has 3 rings (SSSR count). The van der Waals surface area contributed by atoms with Crippen LogP contribution in [0, 0.1) is 0 Å². The smallest absolute Gasteiger partial charge is 0.202 e. The summed E-state index contributed by atoms with van der Waals surface area (Å²) in [5.41, 5.74) is 2.48. The Balaban J connectivity index is 1.76. The first-order chi connectivity index (χ1) is 10.2. The first-order valence-corrected chi connectivity index (χ1v) is 6.61. The maximum atomic E-state index is 12.1. The maximum Gasteiger partial charge on any atom is 0.202 e. The standard InChI is InChI=1S/C16H14N4O/c1-20-9-8-18-16(20)15(21)10-12-5-6-14(19-11-12)13-4-2-3-7-17-13/h2-9,11H,10H2,1H3. The van der Waals surface area contributed by atoms with Crippen LogP contribution >= 0.6 is 0 Å². The Bertz CT molecular complexity index is 747. The van der Waals surface area contributed by atoms with Crippen molar-refractivity contribution in [2.45, 2.75) is 6.42 Å². The summed E-state index contributed by atoms with van der Waals surface area (Å²) in [6.45, 7) is 0. The van der Waals surface area contributed by atoms with Crippen molar-refractivity contribution in [2.75, 3.05) is 0 Å². The molecule has 0 bridgehead atoms. The van der Waals surface area contributed by atoms with Crippen LogP contribution in [0.5, 0.6) is 0 Å². The monoisotopic (exact) mass is 278 g/mol. The lowest BCUT2D eigenvalue weighted by Crippen LogP contribution is -2.10. The Morgan fingerprint density at radius 2 is 1.90 bits per heavy atom. The van der Waals surface area contributed by atoms with Crippen molar-refractivity contribution in [3.8, 4) is 11.4 Å². The molecule has 0 spiro atoms. The van der Waals surface area contributed by atoms with Crippen molar-refractivity contribution < 1.29 is 4.79 Å². The van der Waals surface area contributed by atoms with Gasteiger partial charge in [-0.2, -0.15) is 0 Å². The second-order valence-corrected chi connectivity index (χ2v) is 4.73. The van der Waals surface area contributed by atoms with Gasteiger partial charge in [0.25, 0.3) is 0 Å². The Labute approximate surface area is 122 Å². The first kappa shape index (κ1) is 13.2. The van der Waals surface area contributed by atoms with Gasteiger partial charge in [0.05, 0.1) is 11.4 Å². The lowest BCUT2D eigenvalue weighted by molar-refractivity contribution is 0.0980. The van der Waals surface area contributed by atoms with Gasteiger partial charge in [-0.15, -0.1) is 0 Å². The second-order valence-electron chi connectivity index (χ2n) is 4.73. The number of carbonyl (C=O) groups is 1. The van der Waals surface area contributed by atoms with Gasteiger partial charge >= 0.3 is 0 Å². The molecule has 0 radical (unpaired) electrons. The fourth-order valence-electron chi connectivity index (χ4n) is 2.09. The minimum Gasteiger partial charge on any atom is -0.332 e. The summed E-state index contributed by atoms with van der Waals surface area (Å²) in [7, 11) is 1.81. The second kappa shape index (κ2) is 5.66. The van der Waals surface area contributed by atoms with Crippen molar-refractivity contribution in [3.05, 3.63) is 66.5 Å². The molecule has 0 amide bonds. The zero-order valence-corrected chi connectivity index (χ0v) is 11.6. The quantitative estimate of drug-likeness (QED) is 0.687. The van der Waals surface area contributed by atoms with Crippen LogP contribution in [0.25, 0.3) is 11.4 Å². The lowest BCUT2D eigenvalue weighted by Gasteiger charge is -2.03. The van der Waals surface area contributed by atoms with Gasteiger partial charge in [0.15, 0.2) is 5.82 Å². The molecular weight excluding hydrogens is 264 g/mol. The summed E-state index contributed by atoms with van der Waals surface area (Å²) < 4.78 is 1.72. The SMILES string of the molecule is Cn1ccnc1C(=O)Cc1ccc(-c2ccccn2)nc1. The molecule has 104 valence electrons. The van der Waals surface area contributed by atoms with Gasteiger partial charge in [0.2, 0.25) is 5.78 Å². The molecule has 0 saturated carbocycles. The number of Topliss-reactive ketones (excluding diaryl/α,β-unsaturated/α-hetero) is 1. The third-order valence-electron chi connectivity index (χ3n) is 3.19. The van der Waals surface area contributed by atoms with E-state index in [1.165, 1.54) is 0 Å². The molecule has 0 atom stereocenters. The molecule has 0 fully saturated rings. The highest BCUT2D eigenvalue weighted by Gasteiger charge is 2.12. The highest BCUT2D eigenvalue weighted by atomic mass is 16.1. The molecule has 3 heterocycles. The van der Waals surface area contributed by atoms with E-state index in [2.05, 4.69) is 15.0 Å². The van der Waals surface area contributed by atoms with Crippen LogP contribution in [0.1, 0.15) is 16.2 Å². The average molecular weight is 278 g/mol. The van der Waals surface area contributed by atoms with E-state index in [1.807, 2.05) is 37.4 Å². The fourth-order valence-corrected chi connectivity index (χ4v) is 2.09. The van der Waals surface area contributed by atoms with Crippen LogP contribution in [0.3, 0.4) is 0 Å². The minimum absolute atomic E-state index is 0.0186. The number of rotatable bonds is 4. The summed E-state index contributed by atoms with van der Waals surface area (Å²) >= 11 is 0. The number of aryl methyl sites for hydroxylation is 1. The topological polar surface area (TPSA) is 60.7 Å². The zero-order chi connectivity index (χ0) is 14.7. The molecule has 3 aromatic heterocycles. The van der Waals surface area contributed by atoms with E-state index in [0.29, 0.717) is 12.2 Å². The highest BCUT2D eigenvalue weighted by Crippen LogP contribution is 2.14. The summed E-state index contributed by atoms with van der Waals surface area (Å²) in [6, 6.07) is 9.47.